The number of rotatable bonds is 5. The lowest BCUT2D eigenvalue weighted by Gasteiger charge is -2.11. The van der Waals surface area contributed by atoms with Crippen molar-refractivity contribution in [1.29, 1.82) is 0 Å². The summed E-state index contributed by atoms with van der Waals surface area (Å²) in [6.07, 6.45) is 1.38. The summed E-state index contributed by atoms with van der Waals surface area (Å²) in [5.74, 6) is 0.377. The Morgan fingerprint density at radius 2 is 1.93 bits per heavy atom. The molecule has 148 valence electrons. The number of nitrogens with zero attached hydrogens (tertiary/aromatic N) is 4. The van der Waals surface area contributed by atoms with Gasteiger partial charge in [0.1, 0.15) is 22.4 Å². The van der Waals surface area contributed by atoms with Crippen molar-refractivity contribution in [2.75, 3.05) is 0 Å². The Balaban J connectivity index is 1.45. The summed E-state index contributed by atoms with van der Waals surface area (Å²) in [7, 11) is 0. The summed E-state index contributed by atoms with van der Waals surface area (Å²) < 4.78 is 44.1. The SMILES string of the molecule is Cc1cc(CCc2nc3cncnc3s2)ccc1Oc1cc(C(F)(F)F)ccn1. The van der Waals surface area contributed by atoms with Crippen molar-refractivity contribution in [3.05, 3.63) is 70.8 Å². The molecule has 0 saturated heterocycles. The van der Waals surface area contributed by atoms with Crippen molar-refractivity contribution < 1.29 is 17.9 Å². The van der Waals surface area contributed by atoms with E-state index in [4.69, 9.17) is 4.74 Å². The first-order chi connectivity index (χ1) is 13.9. The van der Waals surface area contributed by atoms with Crippen LogP contribution in [0.4, 0.5) is 13.2 Å². The number of hydrogen-bond acceptors (Lipinski definition) is 6. The normalized spacial score (nSPS) is 11.7. The molecule has 0 bridgehead atoms. The number of aromatic nitrogens is 4. The Bertz CT molecular complexity index is 1130. The fourth-order valence-electron chi connectivity index (χ4n) is 2.83. The zero-order chi connectivity index (χ0) is 20.4. The van der Waals surface area contributed by atoms with E-state index in [2.05, 4.69) is 19.9 Å². The second-order valence-electron chi connectivity index (χ2n) is 6.40. The van der Waals surface area contributed by atoms with Gasteiger partial charge in [-0.15, -0.1) is 0 Å². The van der Waals surface area contributed by atoms with E-state index in [-0.39, 0.29) is 5.88 Å². The van der Waals surface area contributed by atoms with Gasteiger partial charge in [0.2, 0.25) is 5.88 Å². The van der Waals surface area contributed by atoms with E-state index in [0.29, 0.717) is 5.75 Å². The van der Waals surface area contributed by atoms with E-state index in [9.17, 15) is 13.2 Å². The van der Waals surface area contributed by atoms with Crippen molar-refractivity contribution in [3.8, 4) is 11.6 Å². The number of hydrogen-bond donors (Lipinski definition) is 0. The van der Waals surface area contributed by atoms with Gasteiger partial charge in [-0.25, -0.2) is 19.9 Å². The number of thiazole rings is 1. The van der Waals surface area contributed by atoms with Crippen LogP contribution in [-0.4, -0.2) is 19.9 Å². The molecular formula is C20H15F3N4OS. The summed E-state index contributed by atoms with van der Waals surface area (Å²) in [4.78, 5) is 17.4. The fourth-order valence-corrected chi connectivity index (χ4v) is 3.70. The van der Waals surface area contributed by atoms with Crippen LogP contribution in [0.1, 0.15) is 21.7 Å². The fraction of sp³-hybridized carbons (Fsp3) is 0.200. The van der Waals surface area contributed by atoms with Gasteiger partial charge in [0.15, 0.2) is 0 Å². The van der Waals surface area contributed by atoms with Gasteiger partial charge in [-0.3, -0.25) is 0 Å². The van der Waals surface area contributed by atoms with Crippen molar-refractivity contribution in [2.24, 2.45) is 0 Å². The van der Waals surface area contributed by atoms with E-state index < -0.39 is 11.7 Å². The largest absolute Gasteiger partial charge is 0.439 e. The lowest BCUT2D eigenvalue weighted by atomic mass is 10.1. The topological polar surface area (TPSA) is 60.8 Å². The number of halogens is 3. The molecule has 5 nitrogen and oxygen atoms in total. The Hall–Kier alpha value is -3.07. The van der Waals surface area contributed by atoms with Crippen molar-refractivity contribution >= 4 is 21.7 Å². The molecule has 4 rings (SSSR count). The molecule has 0 spiro atoms. The molecule has 0 atom stereocenters. The van der Waals surface area contributed by atoms with E-state index in [1.165, 1.54) is 6.33 Å². The second kappa shape index (κ2) is 7.75. The standard InChI is InChI=1S/C20H15F3N4OS/c1-12-8-13(3-5-18-27-15-10-24-11-26-19(15)29-18)2-4-16(12)28-17-9-14(6-7-25-17)20(21,22)23/h2,4,6-11H,3,5H2,1H3. The monoisotopic (exact) mass is 416 g/mol. The highest BCUT2D eigenvalue weighted by Crippen LogP contribution is 2.32. The molecule has 0 amide bonds. The highest BCUT2D eigenvalue weighted by molar-refractivity contribution is 7.18. The Kier molecular flexibility index (Phi) is 5.14. The van der Waals surface area contributed by atoms with Gasteiger partial charge >= 0.3 is 6.18 Å². The van der Waals surface area contributed by atoms with Crippen molar-refractivity contribution in [3.63, 3.8) is 0 Å². The summed E-state index contributed by atoms with van der Waals surface area (Å²) in [5.41, 5.74) is 1.90. The Morgan fingerprint density at radius 3 is 2.69 bits per heavy atom. The predicted octanol–water partition coefficient (Wildman–Crippen LogP) is 5.39. The minimum absolute atomic E-state index is 0.0914. The number of pyridine rings is 1. The maximum atomic E-state index is 12.8. The molecule has 4 aromatic rings. The molecule has 3 aromatic heterocycles. The first-order valence-electron chi connectivity index (χ1n) is 8.74. The number of benzene rings is 1. The van der Waals surface area contributed by atoms with Gasteiger partial charge in [0.05, 0.1) is 16.8 Å². The van der Waals surface area contributed by atoms with Gasteiger partial charge in [0, 0.05) is 18.7 Å². The maximum absolute atomic E-state index is 12.8. The lowest BCUT2D eigenvalue weighted by molar-refractivity contribution is -0.137. The Labute approximate surface area is 168 Å². The summed E-state index contributed by atoms with van der Waals surface area (Å²) >= 11 is 1.54. The van der Waals surface area contributed by atoms with Crippen LogP contribution in [0.15, 0.2) is 49.1 Å². The third kappa shape index (κ3) is 4.51. The van der Waals surface area contributed by atoms with Crippen molar-refractivity contribution in [2.45, 2.75) is 25.9 Å². The third-order valence-corrected chi connectivity index (χ3v) is 5.30. The summed E-state index contributed by atoms with van der Waals surface area (Å²) in [6, 6.07) is 7.40. The van der Waals surface area contributed by atoms with Crippen LogP contribution in [0.3, 0.4) is 0 Å². The molecule has 1 aromatic carbocycles. The second-order valence-corrected chi connectivity index (χ2v) is 7.47. The van der Waals surface area contributed by atoms with E-state index in [1.54, 1.807) is 23.6 Å². The highest BCUT2D eigenvalue weighted by Gasteiger charge is 2.31. The molecular weight excluding hydrogens is 401 g/mol. The molecule has 0 aliphatic carbocycles. The van der Waals surface area contributed by atoms with Gasteiger partial charge in [0.25, 0.3) is 0 Å². The Morgan fingerprint density at radius 1 is 1.07 bits per heavy atom. The number of fused-ring (bicyclic) bond motifs is 1. The molecule has 0 saturated carbocycles. The smallest absolute Gasteiger partial charge is 0.416 e. The molecule has 9 heteroatoms. The van der Waals surface area contributed by atoms with Crippen LogP contribution >= 0.6 is 11.3 Å². The summed E-state index contributed by atoms with van der Waals surface area (Å²) in [6.45, 7) is 1.85. The van der Waals surface area contributed by atoms with Gasteiger partial charge in [-0.1, -0.05) is 23.5 Å². The molecule has 0 aliphatic rings. The van der Waals surface area contributed by atoms with Gasteiger partial charge in [-0.05, 0) is 36.6 Å². The third-order valence-electron chi connectivity index (χ3n) is 4.26. The van der Waals surface area contributed by atoms with E-state index >= 15 is 0 Å². The average molecular weight is 416 g/mol. The molecule has 0 radical (unpaired) electrons. The van der Waals surface area contributed by atoms with Gasteiger partial charge < -0.3 is 4.74 Å². The minimum Gasteiger partial charge on any atom is -0.439 e. The van der Waals surface area contributed by atoms with Crippen LogP contribution in [0.5, 0.6) is 11.6 Å². The van der Waals surface area contributed by atoms with Crippen LogP contribution in [0.2, 0.25) is 0 Å². The van der Waals surface area contributed by atoms with Crippen LogP contribution in [0.25, 0.3) is 10.3 Å². The van der Waals surface area contributed by atoms with Crippen LogP contribution < -0.4 is 4.74 Å². The lowest BCUT2D eigenvalue weighted by Crippen LogP contribution is -2.05. The van der Waals surface area contributed by atoms with Crippen LogP contribution in [0, 0.1) is 6.92 Å². The van der Waals surface area contributed by atoms with Crippen molar-refractivity contribution in [1.82, 2.24) is 19.9 Å². The predicted molar refractivity (Wildman–Crippen MR) is 103 cm³/mol. The molecule has 0 aliphatic heterocycles. The number of alkyl halides is 3. The quantitative estimate of drug-likeness (QED) is 0.437. The minimum atomic E-state index is -4.44. The summed E-state index contributed by atoms with van der Waals surface area (Å²) in [5, 5.41) is 0.978. The number of ether oxygens (including phenoxy) is 1. The molecule has 29 heavy (non-hydrogen) atoms. The molecule has 0 fully saturated rings. The first-order valence-corrected chi connectivity index (χ1v) is 9.56. The maximum Gasteiger partial charge on any atom is 0.416 e. The molecule has 0 unspecified atom stereocenters. The van der Waals surface area contributed by atoms with Gasteiger partial charge in [-0.2, -0.15) is 13.2 Å². The number of aryl methyl sites for hydroxylation is 3. The van der Waals surface area contributed by atoms with E-state index in [1.807, 2.05) is 19.1 Å². The zero-order valence-electron chi connectivity index (χ0n) is 15.3. The highest BCUT2D eigenvalue weighted by atomic mass is 32.1. The average Bonchev–Trinajstić information content (AvgIpc) is 3.11. The molecule has 3 heterocycles. The van der Waals surface area contributed by atoms with E-state index in [0.717, 1.165) is 57.7 Å². The van der Waals surface area contributed by atoms with Crippen LogP contribution in [-0.2, 0) is 19.0 Å². The zero-order valence-corrected chi connectivity index (χ0v) is 16.1. The molecule has 0 N–H and O–H groups in total. The first kappa shape index (κ1) is 19.3.